The maximum atomic E-state index is 12.0. The molecule has 0 heterocycles. The second-order valence-corrected chi connectivity index (χ2v) is 9.54. The Morgan fingerprint density at radius 2 is 1.73 bits per heavy atom. The van der Waals surface area contributed by atoms with Gasteiger partial charge in [0.1, 0.15) is 0 Å². The smallest absolute Gasteiger partial charge is 0.338 e. The lowest BCUT2D eigenvalue weighted by molar-refractivity contribution is 0.252. The van der Waals surface area contributed by atoms with Crippen LogP contribution in [0.3, 0.4) is 0 Å². The molecule has 0 saturated carbocycles. The Hall–Kier alpha value is -1.57. The molecule has 7 nitrogen and oxygen atoms in total. The van der Waals surface area contributed by atoms with E-state index in [2.05, 4.69) is 16.0 Å². The van der Waals surface area contributed by atoms with Gasteiger partial charge in [-0.25, -0.2) is 9.36 Å². The van der Waals surface area contributed by atoms with Gasteiger partial charge in [0.05, 0.1) is 5.69 Å². The molecule has 0 aromatic heterocycles. The summed E-state index contributed by atoms with van der Waals surface area (Å²) in [6.45, 7) is -2.11. The van der Waals surface area contributed by atoms with E-state index in [-0.39, 0.29) is 6.03 Å². The van der Waals surface area contributed by atoms with E-state index >= 15 is 0 Å². The Morgan fingerprint density at radius 3 is 2.54 bits per heavy atom. The fourth-order valence-corrected chi connectivity index (χ4v) is 3.90. The molecule has 9 heteroatoms. The van der Waals surface area contributed by atoms with Crippen molar-refractivity contribution in [1.82, 2.24) is 10.6 Å². The highest BCUT2D eigenvalue weighted by Gasteiger charge is 2.12. The topological polar surface area (TPSA) is 111 Å². The van der Waals surface area contributed by atoms with Gasteiger partial charge in [0, 0.05) is 24.2 Å². The summed E-state index contributed by atoms with van der Waals surface area (Å²) in [5.74, 6) is 0.371. The van der Waals surface area contributed by atoms with Gasteiger partial charge < -0.3 is 25.7 Å². The Balaban J connectivity index is 1.59. The Labute approximate surface area is 156 Å². The van der Waals surface area contributed by atoms with Crippen LogP contribution in [0.25, 0.3) is 10.8 Å². The number of unbranched alkanes of at least 4 members (excludes halogenated alkanes) is 1. The van der Waals surface area contributed by atoms with Crippen LogP contribution in [0, 0.1) is 0 Å². The van der Waals surface area contributed by atoms with Crippen LogP contribution < -0.4 is 16.0 Å². The van der Waals surface area contributed by atoms with E-state index in [0.29, 0.717) is 30.2 Å². The number of hydrogen-bond donors (Lipinski definition) is 5. The molecule has 0 spiro atoms. The number of anilines is 1. The number of hydrogen-bond acceptors (Lipinski definition) is 4. The molecule has 2 aromatic rings. The molecule has 0 aliphatic carbocycles. The summed E-state index contributed by atoms with van der Waals surface area (Å²) < 4.78 is 10.7. The zero-order valence-corrected chi connectivity index (χ0v) is 16.1. The number of amides is 2. The first kappa shape index (κ1) is 20.7. The van der Waals surface area contributed by atoms with Crippen molar-refractivity contribution in [3.05, 3.63) is 42.5 Å². The molecule has 0 saturated heterocycles. The second kappa shape index (κ2) is 10.5. The van der Waals surface area contributed by atoms with Crippen LogP contribution in [-0.4, -0.2) is 41.2 Å². The molecule has 0 atom stereocenters. The molecular formula is C17H24N3O4PS. The first-order chi connectivity index (χ1) is 12.5. The number of benzene rings is 2. The number of carbonyl (C=O) groups excluding carboxylic acids is 1. The van der Waals surface area contributed by atoms with Crippen molar-refractivity contribution >= 4 is 40.7 Å². The Kier molecular flexibility index (Phi) is 8.41. The van der Waals surface area contributed by atoms with Crippen LogP contribution in [0.15, 0.2) is 42.5 Å². The lowest BCUT2D eigenvalue weighted by Gasteiger charge is -2.10. The number of urea groups is 1. The molecule has 0 aliphatic heterocycles. The largest absolute Gasteiger partial charge is 0.384 e. The summed E-state index contributed by atoms with van der Waals surface area (Å²) in [5.41, 5.74) is 0.782. The van der Waals surface area contributed by atoms with Crippen LogP contribution >= 0.6 is 18.2 Å². The monoisotopic (exact) mass is 397 g/mol. The van der Waals surface area contributed by atoms with E-state index in [0.717, 1.165) is 35.8 Å². The summed E-state index contributed by atoms with van der Waals surface area (Å²) in [6.07, 6.45) is 1.69. The number of nitrogens with one attached hydrogen (secondary N) is 3. The zero-order valence-electron chi connectivity index (χ0n) is 14.4. The first-order valence-corrected chi connectivity index (χ1v) is 11.6. The van der Waals surface area contributed by atoms with E-state index in [1.54, 1.807) is 0 Å². The van der Waals surface area contributed by atoms with Crippen LogP contribution in [0.1, 0.15) is 12.8 Å². The fraction of sp³-hybridized carbons (Fsp3) is 0.353. The van der Waals surface area contributed by atoms with Gasteiger partial charge in [-0.3, -0.25) is 0 Å². The van der Waals surface area contributed by atoms with Crippen molar-refractivity contribution in [2.45, 2.75) is 12.8 Å². The van der Waals surface area contributed by atoms with Gasteiger partial charge in [0.25, 0.3) is 0 Å². The van der Waals surface area contributed by atoms with E-state index < -0.39 is 6.80 Å². The van der Waals surface area contributed by atoms with Crippen LogP contribution in [0.2, 0.25) is 0 Å². The standard InChI is InChI=1S/C17H24N3O4PS/c21-17(19-11-4-3-10-18-12-13-26-25(22,23)24)20-16-9-5-7-14-6-1-2-8-15(14)16/h1-2,5-9,18H,3-4,10-13H2,(H2,19,20,21)(H2,22,23,24). The highest BCUT2D eigenvalue weighted by atomic mass is 32.7. The average Bonchev–Trinajstić information content (AvgIpc) is 2.60. The Bertz CT molecular complexity index is 763. The normalized spacial score (nSPS) is 11.5. The molecule has 2 aromatic carbocycles. The van der Waals surface area contributed by atoms with E-state index in [4.69, 9.17) is 9.79 Å². The SMILES string of the molecule is O=C(NCCCCNCCSP(=O)(O)O)Nc1cccc2ccccc12. The zero-order chi connectivity index (χ0) is 18.8. The third-order valence-corrected chi connectivity index (χ3v) is 5.92. The quantitative estimate of drug-likeness (QED) is 0.311. The maximum absolute atomic E-state index is 12.0. The van der Waals surface area contributed by atoms with E-state index in [1.807, 2.05) is 42.5 Å². The minimum atomic E-state index is -3.97. The first-order valence-electron chi connectivity index (χ1n) is 8.39. The van der Waals surface area contributed by atoms with Crippen molar-refractivity contribution in [3.8, 4) is 0 Å². The van der Waals surface area contributed by atoms with Crippen molar-refractivity contribution in [3.63, 3.8) is 0 Å². The number of carbonyl (C=O) groups is 1. The molecule has 142 valence electrons. The third kappa shape index (κ3) is 7.76. The Morgan fingerprint density at radius 1 is 1.00 bits per heavy atom. The molecule has 0 fully saturated rings. The van der Waals surface area contributed by atoms with E-state index in [9.17, 15) is 9.36 Å². The molecule has 5 N–H and O–H groups in total. The summed E-state index contributed by atoms with van der Waals surface area (Å²) >= 11 is 0.646. The lowest BCUT2D eigenvalue weighted by Crippen LogP contribution is -2.30. The highest BCUT2D eigenvalue weighted by molar-refractivity contribution is 8.54. The second-order valence-electron chi connectivity index (χ2n) is 5.69. The van der Waals surface area contributed by atoms with Gasteiger partial charge in [-0.05, 0) is 42.2 Å². The predicted molar refractivity (Wildman–Crippen MR) is 108 cm³/mol. The van der Waals surface area contributed by atoms with Crippen molar-refractivity contribution in [2.24, 2.45) is 0 Å². The number of rotatable bonds is 10. The molecule has 0 radical (unpaired) electrons. The molecule has 0 bridgehead atoms. The molecular weight excluding hydrogens is 373 g/mol. The van der Waals surface area contributed by atoms with Gasteiger partial charge in [-0.2, -0.15) is 0 Å². The molecule has 0 aliphatic rings. The maximum Gasteiger partial charge on any atom is 0.384 e. The van der Waals surface area contributed by atoms with Crippen LogP contribution in [-0.2, 0) is 4.57 Å². The van der Waals surface area contributed by atoms with Crippen LogP contribution in [0.4, 0.5) is 10.5 Å². The summed E-state index contributed by atoms with van der Waals surface area (Å²) in [4.78, 5) is 29.4. The predicted octanol–water partition coefficient (Wildman–Crippen LogP) is 3.16. The fourth-order valence-electron chi connectivity index (χ4n) is 2.44. The van der Waals surface area contributed by atoms with Crippen molar-refractivity contribution in [1.29, 1.82) is 0 Å². The van der Waals surface area contributed by atoms with Gasteiger partial charge in [-0.1, -0.05) is 36.4 Å². The van der Waals surface area contributed by atoms with Gasteiger partial charge in [-0.15, -0.1) is 0 Å². The van der Waals surface area contributed by atoms with Gasteiger partial charge in [0.2, 0.25) is 0 Å². The van der Waals surface area contributed by atoms with Crippen molar-refractivity contribution < 1.29 is 19.1 Å². The summed E-state index contributed by atoms with van der Waals surface area (Å²) in [6, 6.07) is 13.4. The number of fused-ring (bicyclic) bond motifs is 1. The molecule has 2 rings (SSSR count). The minimum absolute atomic E-state index is 0.229. The van der Waals surface area contributed by atoms with Gasteiger partial charge >= 0.3 is 12.8 Å². The molecule has 2 amide bonds. The minimum Gasteiger partial charge on any atom is -0.338 e. The van der Waals surface area contributed by atoms with Crippen LogP contribution in [0.5, 0.6) is 0 Å². The van der Waals surface area contributed by atoms with Crippen molar-refractivity contribution in [2.75, 3.05) is 30.7 Å². The summed E-state index contributed by atoms with van der Waals surface area (Å²) in [7, 11) is 0. The third-order valence-electron chi connectivity index (χ3n) is 3.64. The average molecular weight is 397 g/mol. The summed E-state index contributed by atoms with van der Waals surface area (Å²) in [5, 5.41) is 10.9. The van der Waals surface area contributed by atoms with Gasteiger partial charge in [0.15, 0.2) is 0 Å². The molecule has 0 unspecified atom stereocenters. The highest BCUT2D eigenvalue weighted by Crippen LogP contribution is 2.49. The molecule has 26 heavy (non-hydrogen) atoms. The van der Waals surface area contributed by atoms with E-state index in [1.165, 1.54) is 0 Å². The lowest BCUT2D eigenvalue weighted by atomic mass is 10.1.